The Morgan fingerprint density at radius 3 is 2.12 bits per heavy atom. The fraction of sp³-hybridized carbons (Fsp3) is 0.634. The van der Waals surface area contributed by atoms with Crippen LogP contribution in [0.15, 0.2) is 33.6 Å². The number of hydrogen-bond acceptors (Lipinski definition) is 21. The number of nitrogens with zero attached hydrogens (tertiary/aromatic N) is 3. The van der Waals surface area contributed by atoms with Gasteiger partial charge >= 0.3 is 23.9 Å². The number of aliphatic carboxylic acids is 2. The molecule has 26 heteroatoms. The number of carboxylic acid groups (broad SMARTS) is 2. The van der Waals surface area contributed by atoms with Crippen molar-refractivity contribution in [3.05, 3.63) is 33.6 Å². The number of amides is 1. The number of sulfone groups is 1. The number of ketones is 2. The number of Topliss-reactive ketones (excluding diaryl/α,β-unsaturated/α-hetero) is 2. The number of sulfonamides is 1. The maximum atomic E-state index is 13.3. The summed E-state index contributed by atoms with van der Waals surface area (Å²) in [5, 5.41) is 21.3. The van der Waals surface area contributed by atoms with Gasteiger partial charge in [0, 0.05) is 49.8 Å². The Labute approximate surface area is 393 Å². The molecule has 0 radical (unpaired) electrons. The molecule has 0 aromatic carbocycles. The molecule has 0 unspecified atom stereocenters. The number of carbonyl (C=O) groups is 7. The molecule has 1 aromatic rings. The lowest BCUT2D eigenvalue weighted by Crippen LogP contribution is -2.44. The first-order valence-corrected chi connectivity index (χ1v) is 25.0. The van der Waals surface area contributed by atoms with Gasteiger partial charge in [0.15, 0.2) is 27.5 Å². The summed E-state index contributed by atoms with van der Waals surface area (Å²) in [4.78, 5) is 85.7. The Balaban J connectivity index is 0.00000136. The highest BCUT2D eigenvalue weighted by molar-refractivity contribution is 7.96. The summed E-state index contributed by atoms with van der Waals surface area (Å²) in [6.07, 6.45) is -0.881. The highest BCUT2D eigenvalue weighted by Gasteiger charge is 2.43. The third-order valence-electron chi connectivity index (χ3n) is 10.4. The average molecular weight is 1010 g/mol. The summed E-state index contributed by atoms with van der Waals surface area (Å²) in [6, 6.07) is -0.393. The van der Waals surface area contributed by atoms with Gasteiger partial charge in [0.2, 0.25) is 11.7 Å². The van der Waals surface area contributed by atoms with Crippen molar-refractivity contribution in [2.24, 2.45) is 11.8 Å². The van der Waals surface area contributed by atoms with Crippen LogP contribution in [0, 0.1) is 11.8 Å². The zero-order chi connectivity index (χ0) is 50.4. The van der Waals surface area contributed by atoms with E-state index in [1.54, 1.807) is 6.92 Å². The van der Waals surface area contributed by atoms with Crippen LogP contribution in [0.1, 0.15) is 81.1 Å². The van der Waals surface area contributed by atoms with Crippen LogP contribution in [0.25, 0.3) is 0 Å². The van der Waals surface area contributed by atoms with Gasteiger partial charge in [-0.2, -0.15) is 4.37 Å². The fourth-order valence-electron chi connectivity index (χ4n) is 6.72. The minimum atomic E-state index is -4.57. The largest absolute Gasteiger partial charge is 0.478 e. The van der Waals surface area contributed by atoms with Gasteiger partial charge in [0.25, 0.3) is 15.9 Å². The van der Waals surface area contributed by atoms with E-state index < -0.39 is 116 Å². The molecule has 1 aromatic heterocycles. The molecule has 4 rings (SSSR count). The van der Waals surface area contributed by atoms with Crippen molar-refractivity contribution >= 4 is 78.8 Å². The van der Waals surface area contributed by atoms with Gasteiger partial charge in [0.1, 0.15) is 12.7 Å². The van der Waals surface area contributed by atoms with Gasteiger partial charge in [-0.05, 0) is 73.1 Å². The van der Waals surface area contributed by atoms with Gasteiger partial charge in [0.05, 0.1) is 64.7 Å². The average Bonchev–Trinajstić information content (AvgIpc) is 3.94. The molecule has 1 amide bonds. The summed E-state index contributed by atoms with van der Waals surface area (Å²) in [7, 11) is -8.34. The Kier molecular flexibility index (Phi) is 20.7. The third kappa shape index (κ3) is 16.8. The second kappa shape index (κ2) is 24.7. The van der Waals surface area contributed by atoms with E-state index in [0.29, 0.717) is 62.3 Å². The summed E-state index contributed by atoms with van der Waals surface area (Å²) in [5.74, 6) is -9.39. The van der Waals surface area contributed by atoms with Crippen molar-refractivity contribution in [3.63, 3.8) is 0 Å². The zero-order valence-corrected chi connectivity index (χ0v) is 41.0. The number of hydrogen-bond donors (Lipinski definition) is 5. The van der Waals surface area contributed by atoms with Crippen LogP contribution in [0.4, 0.5) is 5.82 Å². The van der Waals surface area contributed by atoms with Crippen LogP contribution in [-0.4, -0.2) is 152 Å². The number of carbonyl (C=O) groups excluding carboxylic acids is 5. The van der Waals surface area contributed by atoms with Gasteiger partial charge < -0.3 is 44.7 Å². The number of anilines is 1. The maximum Gasteiger partial charge on any atom is 0.328 e. The Hall–Kier alpha value is -5.15. The van der Waals surface area contributed by atoms with E-state index in [1.165, 1.54) is 19.9 Å². The molecule has 0 bridgehead atoms. The van der Waals surface area contributed by atoms with Gasteiger partial charge in [-0.3, -0.25) is 24.0 Å². The second-order valence-corrected chi connectivity index (χ2v) is 21.4. The highest BCUT2D eigenvalue weighted by atomic mass is 32.2. The molecular weight excluding hydrogens is 945 g/mol. The highest BCUT2D eigenvalue weighted by Crippen LogP contribution is 2.41. The minimum Gasteiger partial charge on any atom is -0.478 e. The summed E-state index contributed by atoms with van der Waals surface area (Å²) >= 11 is 0.992. The third-order valence-corrected chi connectivity index (χ3v) is 14.7. The number of nitrogens with one attached hydrogen (secondary N) is 3. The van der Waals surface area contributed by atoms with Crippen LogP contribution in [0.5, 0.6) is 5.88 Å². The van der Waals surface area contributed by atoms with Crippen LogP contribution >= 0.6 is 11.7 Å². The Bertz CT molecular complexity index is 2300. The van der Waals surface area contributed by atoms with E-state index in [0.717, 1.165) is 18.7 Å². The van der Waals surface area contributed by atoms with Crippen molar-refractivity contribution in [2.75, 3.05) is 50.9 Å². The minimum absolute atomic E-state index is 0.0233. The maximum absolute atomic E-state index is 13.3. The smallest absolute Gasteiger partial charge is 0.328 e. The van der Waals surface area contributed by atoms with Crippen molar-refractivity contribution in [3.8, 4) is 5.88 Å². The lowest BCUT2D eigenvalue weighted by molar-refractivity contribution is -0.159. The molecule has 0 saturated carbocycles. The van der Waals surface area contributed by atoms with Crippen LogP contribution in [-0.2, 0) is 67.6 Å². The molecule has 6 atom stereocenters. The van der Waals surface area contributed by atoms with E-state index in [1.807, 2.05) is 37.3 Å². The second-order valence-electron chi connectivity index (χ2n) is 16.8. The Morgan fingerprint density at radius 1 is 0.955 bits per heavy atom. The van der Waals surface area contributed by atoms with E-state index in [2.05, 4.69) is 19.4 Å². The molecule has 1 saturated heterocycles. The van der Waals surface area contributed by atoms with Crippen LogP contribution in [0.3, 0.4) is 0 Å². The molecule has 1 fully saturated rings. The first-order valence-electron chi connectivity index (χ1n) is 21.3. The molecule has 2 aliphatic heterocycles. The molecule has 67 heavy (non-hydrogen) atoms. The first kappa shape index (κ1) is 56.2. The van der Waals surface area contributed by atoms with Gasteiger partial charge in [-0.1, -0.05) is 6.92 Å². The lowest BCUT2D eigenvalue weighted by atomic mass is 9.90. The zero-order valence-electron chi connectivity index (χ0n) is 38.6. The number of allylic oxidation sites excluding steroid dienone is 2. The van der Waals surface area contributed by atoms with E-state index in [9.17, 15) is 50.4 Å². The van der Waals surface area contributed by atoms with Gasteiger partial charge in [-0.25, -0.2) is 31.1 Å². The summed E-state index contributed by atoms with van der Waals surface area (Å²) in [6.45, 7) is 15.8. The molecule has 3 heterocycles. The topological polar surface area (TPSA) is 330 Å². The summed E-state index contributed by atoms with van der Waals surface area (Å²) in [5.41, 5.74) is 0.0103. The van der Waals surface area contributed by atoms with Crippen molar-refractivity contribution in [2.45, 2.75) is 110 Å². The first-order chi connectivity index (χ1) is 31.2. The molecule has 3 aliphatic rings. The number of aromatic nitrogens is 2. The number of esters is 2. The number of rotatable bonds is 22. The Morgan fingerprint density at radius 2 is 1.55 bits per heavy atom. The molecule has 1 aliphatic carbocycles. The predicted octanol–water partition coefficient (Wildman–Crippen LogP) is 1.06. The SMILES string of the molecule is CCN[C@H]1C[C@H](C)S(=O)(=O)C2=C1C=C(S(=O)(=O)NC(=O)[C@H](C)C(=O)[C@H](C)C(=O)[C@H](C)OC(=O)CCC(=O)O[C@@H](CNC(C)(C)C)COc1nsnc1N1CCOCC1)C2.O=C(O)/C=C\C(=O)O. The van der Waals surface area contributed by atoms with E-state index in [-0.39, 0.29) is 34.9 Å². The molecule has 0 spiro atoms. The van der Waals surface area contributed by atoms with E-state index in [4.69, 9.17) is 29.2 Å². The number of morpholine rings is 1. The molecule has 23 nitrogen and oxygen atoms in total. The predicted molar refractivity (Wildman–Crippen MR) is 241 cm³/mol. The van der Waals surface area contributed by atoms with Crippen LogP contribution in [0.2, 0.25) is 0 Å². The molecule has 5 N–H and O–H groups in total. The number of likely N-dealkylation sites (N-methyl/N-ethyl adjacent to an activating group) is 1. The summed E-state index contributed by atoms with van der Waals surface area (Å²) < 4.78 is 85.1. The van der Waals surface area contributed by atoms with Crippen molar-refractivity contribution in [1.82, 2.24) is 24.1 Å². The number of ether oxygens (including phenoxy) is 4. The lowest BCUT2D eigenvalue weighted by Gasteiger charge is -2.29. The fourth-order valence-corrected chi connectivity index (χ4v) is 10.3. The molecular formula is C41H60N6O17S3. The standard InChI is InChI=1S/C37H56N6O13S3.C4H4O4/c1-9-38-28-16-21(2)58(49,50)29-18-26(17-27(28)29)59(51,52)42-35(48)23(4)32(46)22(3)33(47)24(5)55-30(44)10-11-31(45)56-25(19-39-37(6,7)8)20-54-36-34(40-57-41-36)43-12-14-53-15-13-43;5-3(6)1-2-4(7)8/h17,21-25,28,38-39H,9-16,18-20H2,1-8H3,(H,42,48);1-2H,(H,5,6)(H,7,8)/b;2-1-/t21-,22-,23+,24-,25-,28-;/m0./s1. The monoisotopic (exact) mass is 1000 g/mol. The normalized spacial score (nSPS) is 19.9. The quantitative estimate of drug-likeness (QED) is 0.0616. The van der Waals surface area contributed by atoms with Crippen LogP contribution < -0.4 is 25.0 Å². The van der Waals surface area contributed by atoms with Gasteiger partial charge in [-0.15, -0.1) is 4.37 Å². The van der Waals surface area contributed by atoms with Crippen molar-refractivity contribution < 1.29 is 79.6 Å². The molecule has 374 valence electrons. The van der Waals surface area contributed by atoms with E-state index >= 15 is 0 Å². The number of carboxylic acids is 2. The van der Waals surface area contributed by atoms with Crippen molar-refractivity contribution in [1.29, 1.82) is 0 Å².